The minimum atomic E-state index is 0.427. The van der Waals surface area contributed by atoms with E-state index < -0.39 is 0 Å². The summed E-state index contributed by atoms with van der Waals surface area (Å²) in [6.45, 7) is 6.50. The van der Waals surface area contributed by atoms with Crippen LogP contribution < -0.4 is 0 Å². The van der Waals surface area contributed by atoms with E-state index in [1.54, 1.807) is 0 Å². The number of oxazole rings is 1. The third-order valence-corrected chi connectivity index (χ3v) is 2.52. The predicted molar refractivity (Wildman–Crippen MR) is 54.2 cm³/mol. The molecule has 1 aromatic heterocycles. The van der Waals surface area contributed by atoms with E-state index in [2.05, 4.69) is 25.8 Å². The van der Waals surface area contributed by atoms with Crippen molar-refractivity contribution >= 4 is 11.6 Å². The van der Waals surface area contributed by atoms with Crippen molar-refractivity contribution in [1.82, 2.24) is 4.98 Å². The normalized spacial score (nSPS) is 13.6. The standard InChI is InChI=1S/C10H16ClNO/c1-7(2)8(3)9-6-12-10(13-9)4-5-11/h6-8H,4-5H2,1-3H3. The average Bonchev–Trinajstić information content (AvgIpc) is 2.52. The quantitative estimate of drug-likeness (QED) is 0.700. The van der Waals surface area contributed by atoms with Gasteiger partial charge in [-0.2, -0.15) is 0 Å². The average molecular weight is 202 g/mol. The van der Waals surface area contributed by atoms with Crippen molar-refractivity contribution in [3.05, 3.63) is 17.8 Å². The Morgan fingerprint density at radius 3 is 2.69 bits per heavy atom. The van der Waals surface area contributed by atoms with E-state index in [4.69, 9.17) is 16.0 Å². The maximum Gasteiger partial charge on any atom is 0.195 e. The van der Waals surface area contributed by atoms with Crippen molar-refractivity contribution in [2.45, 2.75) is 33.1 Å². The lowest BCUT2D eigenvalue weighted by Crippen LogP contribution is -2.00. The monoisotopic (exact) mass is 201 g/mol. The Hall–Kier alpha value is -0.500. The third kappa shape index (κ3) is 2.73. The zero-order valence-electron chi connectivity index (χ0n) is 8.38. The van der Waals surface area contributed by atoms with E-state index in [0.29, 0.717) is 24.1 Å². The molecular formula is C10H16ClNO. The summed E-state index contributed by atoms with van der Waals surface area (Å²) < 4.78 is 5.55. The molecule has 3 heteroatoms. The number of rotatable bonds is 4. The molecule has 0 fully saturated rings. The van der Waals surface area contributed by atoms with Gasteiger partial charge in [0, 0.05) is 18.2 Å². The van der Waals surface area contributed by atoms with Crippen molar-refractivity contribution in [2.24, 2.45) is 5.92 Å². The second kappa shape index (κ2) is 4.66. The maximum atomic E-state index is 5.59. The molecular weight excluding hydrogens is 186 g/mol. The predicted octanol–water partition coefficient (Wildman–Crippen LogP) is 3.22. The Kier molecular flexibility index (Phi) is 3.79. The van der Waals surface area contributed by atoms with Crippen LogP contribution in [0.5, 0.6) is 0 Å². The van der Waals surface area contributed by atoms with Gasteiger partial charge in [-0.15, -0.1) is 11.6 Å². The van der Waals surface area contributed by atoms with Crippen molar-refractivity contribution in [1.29, 1.82) is 0 Å². The molecule has 0 aliphatic rings. The van der Waals surface area contributed by atoms with Gasteiger partial charge in [-0.25, -0.2) is 4.98 Å². The van der Waals surface area contributed by atoms with Gasteiger partial charge < -0.3 is 4.42 Å². The molecule has 1 rings (SSSR count). The number of hydrogen-bond donors (Lipinski definition) is 0. The summed E-state index contributed by atoms with van der Waals surface area (Å²) in [6, 6.07) is 0. The highest BCUT2D eigenvalue weighted by Gasteiger charge is 2.14. The minimum Gasteiger partial charge on any atom is -0.445 e. The Morgan fingerprint density at radius 2 is 2.15 bits per heavy atom. The van der Waals surface area contributed by atoms with E-state index in [-0.39, 0.29) is 0 Å². The molecule has 0 radical (unpaired) electrons. The largest absolute Gasteiger partial charge is 0.445 e. The first-order valence-electron chi connectivity index (χ1n) is 4.65. The van der Waals surface area contributed by atoms with Gasteiger partial charge in [-0.05, 0) is 5.92 Å². The van der Waals surface area contributed by atoms with Gasteiger partial charge in [-0.1, -0.05) is 20.8 Å². The van der Waals surface area contributed by atoms with E-state index in [1.807, 2.05) is 6.20 Å². The molecule has 0 aliphatic carbocycles. The summed E-state index contributed by atoms with van der Waals surface area (Å²) in [6.07, 6.45) is 2.53. The zero-order valence-corrected chi connectivity index (χ0v) is 9.14. The van der Waals surface area contributed by atoms with Gasteiger partial charge in [-0.3, -0.25) is 0 Å². The number of halogens is 1. The first kappa shape index (κ1) is 10.6. The van der Waals surface area contributed by atoms with Crippen LogP contribution in [0.25, 0.3) is 0 Å². The minimum absolute atomic E-state index is 0.427. The first-order chi connectivity index (χ1) is 6.15. The molecule has 1 unspecified atom stereocenters. The number of aromatic nitrogens is 1. The van der Waals surface area contributed by atoms with E-state index in [9.17, 15) is 0 Å². The molecule has 1 heterocycles. The highest BCUT2D eigenvalue weighted by molar-refractivity contribution is 6.17. The number of nitrogens with zero attached hydrogens (tertiary/aromatic N) is 1. The van der Waals surface area contributed by atoms with Crippen molar-refractivity contribution in [3.63, 3.8) is 0 Å². The third-order valence-electron chi connectivity index (χ3n) is 2.33. The molecule has 74 valence electrons. The van der Waals surface area contributed by atoms with Crippen LogP contribution in [0.2, 0.25) is 0 Å². The molecule has 0 aromatic carbocycles. The molecule has 0 aliphatic heterocycles. The van der Waals surface area contributed by atoms with E-state index in [1.165, 1.54) is 0 Å². The van der Waals surface area contributed by atoms with Gasteiger partial charge in [0.05, 0.1) is 6.20 Å². The van der Waals surface area contributed by atoms with Crippen molar-refractivity contribution in [2.75, 3.05) is 5.88 Å². The highest BCUT2D eigenvalue weighted by atomic mass is 35.5. The molecule has 0 spiro atoms. The Bertz CT molecular complexity index is 257. The molecule has 0 amide bonds. The topological polar surface area (TPSA) is 26.0 Å². The summed E-state index contributed by atoms with van der Waals surface area (Å²) in [5.74, 6) is 3.29. The van der Waals surface area contributed by atoms with E-state index in [0.717, 1.165) is 11.7 Å². The van der Waals surface area contributed by atoms with E-state index >= 15 is 0 Å². The molecule has 2 nitrogen and oxygen atoms in total. The maximum absolute atomic E-state index is 5.59. The fourth-order valence-electron chi connectivity index (χ4n) is 1.06. The van der Waals surface area contributed by atoms with Crippen LogP contribution in [0.4, 0.5) is 0 Å². The summed E-state index contributed by atoms with van der Waals surface area (Å²) in [7, 11) is 0. The molecule has 1 aromatic rings. The van der Waals surface area contributed by atoms with Crippen LogP contribution in [-0.2, 0) is 6.42 Å². The molecule has 0 bridgehead atoms. The van der Waals surface area contributed by atoms with Crippen molar-refractivity contribution < 1.29 is 4.42 Å². The summed E-state index contributed by atoms with van der Waals surface area (Å²) >= 11 is 5.59. The fraction of sp³-hybridized carbons (Fsp3) is 0.700. The zero-order chi connectivity index (χ0) is 9.84. The van der Waals surface area contributed by atoms with Crippen LogP contribution in [0.1, 0.15) is 38.3 Å². The molecule has 0 saturated heterocycles. The SMILES string of the molecule is CC(C)C(C)c1cnc(CCCl)o1. The number of aryl methyl sites for hydroxylation is 1. The lowest BCUT2D eigenvalue weighted by molar-refractivity contribution is 0.392. The summed E-state index contributed by atoms with van der Waals surface area (Å²) in [5, 5.41) is 0. The van der Waals surface area contributed by atoms with Crippen LogP contribution in [0.15, 0.2) is 10.6 Å². The van der Waals surface area contributed by atoms with Crippen LogP contribution in [0.3, 0.4) is 0 Å². The van der Waals surface area contributed by atoms with Crippen LogP contribution in [0, 0.1) is 5.92 Å². The van der Waals surface area contributed by atoms with Gasteiger partial charge in [0.25, 0.3) is 0 Å². The van der Waals surface area contributed by atoms with Gasteiger partial charge in [0.1, 0.15) is 5.76 Å². The highest BCUT2D eigenvalue weighted by Crippen LogP contribution is 2.24. The first-order valence-corrected chi connectivity index (χ1v) is 5.19. The molecule has 0 N–H and O–H groups in total. The summed E-state index contributed by atoms with van der Waals surface area (Å²) in [5.41, 5.74) is 0. The fourth-order valence-corrected chi connectivity index (χ4v) is 1.22. The van der Waals surface area contributed by atoms with Crippen LogP contribution >= 0.6 is 11.6 Å². The lowest BCUT2D eigenvalue weighted by atomic mass is 9.96. The number of hydrogen-bond acceptors (Lipinski definition) is 2. The smallest absolute Gasteiger partial charge is 0.195 e. The van der Waals surface area contributed by atoms with Gasteiger partial charge >= 0.3 is 0 Å². The molecule has 13 heavy (non-hydrogen) atoms. The Balaban J connectivity index is 2.67. The molecule has 1 atom stereocenters. The van der Waals surface area contributed by atoms with Crippen molar-refractivity contribution in [3.8, 4) is 0 Å². The van der Waals surface area contributed by atoms with Crippen LogP contribution in [-0.4, -0.2) is 10.9 Å². The summed E-state index contributed by atoms with van der Waals surface area (Å²) in [4.78, 5) is 4.16. The van der Waals surface area contributed by atoms with Gasteiger partial charge in [0.2, 0.25) is 0 Å². The molecule has 0 saturated carbocycles. The lowest BCUT2D eigenvalue weighted by Gasteiger charge is -2.10. The Labute approximate surface area is 84.3 Å². The number of alkyl halides is 1. The van der Waals surface area contributed by atoms with Gasteiger partial charge in [0.15, 0.2) is 5.89 Å². The second-order valence-electron chi connectivity index (χ2n) is 3.63. The second-order valence-corrected chi connectivity index (χ2v) is 4.01. The Morgan fingerprint density at radius 1 is 1.46 bits per heavy atom.